The maximum atomic E-state index is 12.7. The van der Waals surface area contributed by atoms with E-state index in [4.69, 9.17) is 21.1 Å². The molecule has 2 rings (SSSR count). The molecule has 1 aromatic rings. The Morgan fingerprint density at radius 1 is 1.32 bits per heavy atom. The fourth-order valence-corrected chi connectivity index (χ4v) is 2.93. The van der Waals surface area contributed by atoms with Crippen LogP contribution in [-0.2, 0) is 4.74 Å². The summed E-state index contributed by atoms with van der Waals surface area (Å²) in [6, 6.07) is 5.03. The molecule has 0 bridgehead atoms. The Kier molecular flexibility index (Phi) is 7.37. The predicted molar refractivity (Wildman–Crippen MR) is 96.3 cm³/mol. The van der Waals surface area contributed by atoms with Crippen LogP contribution in [0.4, 0.5) is 4.79 Å². The third-order valence-corrected chi connectivity index (χ3v) is 4.46. The maximum Gasteiger partial charge on any atom is 0.407 e. The molecule has 1 N–H and O–H groups in total. The van der Waals surface area contributed by atoms with Crippen molar-refractivity contribution >= 4 is 23.6 Å². The maximum absolute atomic E-state index is 12.7. The highest BCUT2D eigenvalue weighted by molar-refractivity contribution is 6.31. The molecule has 138 valence electrons. The zero-order valence-electron chi connectivity index (χ0n) is 14.7. The molecule has 0 unspecified atom stereocenters. The summed E-state index contributed by atoms with van der Waals surface area (Å²) >= 11 is 6.00. The second-order valence-corrected chi connectivity index (χ2v) is 6.48. The Bertz CT molecular complexity index is 601. The molecule has 1 aromatic carbocycles. The van der Waals surface area contributed by atoms with Crippen molar-refractivity contribution in [3.8, 4) is 5.75 Å². The summed E-state index contributed by atoms with van der Waals surface area (Å²) < 4.78 is 10.4. The van der Waals surface area contributed by atoms with Gasteiger partial charge < -0.3 is 19.7 Å². The first-order chi connectivity index (χ1) is 12.0. The van der Waals surface area contributed by atoms with Crippen molar-refractivity contribution in [2.75, 3.05) is 26.8 Å². The van der Waals surface area contributed by atoms with E-state index < -0.39 is 0 Å². The van der Waals surface area contributed by atoms with E-state index in [0.717, 1.165) is 12.8 Å². The first-order valence-corrected chi connectivity index (χ1v) is 8.99. The van der Waals surface area contributed by atoms with Crippen LogP contribution in [0.25, 0.3) is 0 Å². The molecule has 0 saturated carbocycles. The van der Waals surface area contributed by atoms with Crippen LogP contribution in [0.3, 0.4) is 0 Å². The molecule has 25 heavy (non-hydrogen) atoms. The van der Waals surface area contributed by atoms with Gasteiger partial charge in [-0.3, -0.25) is 4.79 Å². The highest BCUT2D eigenvalue weighted by Gasteiger charge is 2.26. The predicted octanol–water partition coefficient (Wildman–Crippen LogP) is 3.48. The minimum atomic E-state index is -0.380. The van der Waals surface area contributed by atoms with Crippen molar-refractivity contribution in [1.29, 1.82) is 0 Å². The van der Waals surface area contributed by atoms with Gasteiger partial charge in [0.25, 0.3) is 5.91 Å². The van der Waals surface area contributed by atoms with Crippen molar-refractivity contribution in [1.82, 2.24) is 10.2 Å². The summed E-state index contributed by atoms with van der Waals surface area (Å²) in [6.07, 6.45) is 2.85. The van der Waals surface area contributed by atoms with Crippen LogP contribution in [0, 0.1) is 0 Å². The van der Waals surface area contributed by atoms with E-state index in [9.17, 15) is 9.59 Å². The van der Waals surface area contributed by atoms with Crippen molar-refractivity contribution < 1.29 is 19.1 Å². The van der Waals surface area contributed by atoms with Gasteiger partial charge in [-0.1, -0.05) is 24.9 Å². The summed E-state index contributed by atoms with van der Waals surface area (Å²) in [7, 11) is 1.53. The number of rotatable bonds is 6. The first kappa shape index (κ1) is 19.4. The molecule has 0 atom stereocenters. The molecule has 1 saturated heterocycles. The van der Waals surface area contributed by atoms with Crippen molar-refractivity contribution in [2.24, 2.45) is 0 Å². The zero-order chi connectivity index (χ0) is 18.2. The molecule has 6 nitrogen and oxygen atoms in total. The Morgan fingerprint density at radius 3 is 2.68 bits per heavy atom. The molecule has 1 aliphatic rings. The smallest absolute Gasteiger partial charge is 0.407 e. The number of alkyl carbamates (subject to hydrolysis) is 1. The van der Waals surface area contributed by atoms with Crippen LogP contribution in [0.5, 0.6) is 5.75 Å². The van der Waals surface area contributed by atoms with Gasteiger partial charge in [0.2, 0.25) is 0 Å². The topological polar surface area (TPSA) is 67.9 Å². The van der Waals surface area contributed by atoms with E-state index in [0.29, 0.717) is 48.9 Å². The Morgan fingerprint density at radius 2 is 2.04 bits per heavy atom. The van der Waals surface area contributed by atoms with Gasteiger partial charge >= 0.3 is 6.09 Å². The zero-order valence-corrected chi connectivity index (χ0v) is 15.5. The van der Waals surface area contributed by atoms with Crippen molar-refractivity contribution in [2.45, 2.75) is 38.6 Å². The SMILES string of the molecule is CCCCOC(=O)NC1CCN(C(=O)c2cc(Cl)ccc2OC)CC1. The van der Waals surface area contributed by atoms with Gasteiger partial charge in [0, 0.05) is 24.2 Å². The highest BCUT2D eigenvalue weighted by atomic mass is 35.5. The number of unbranched alkanes of at least 4 members (excludes halogenated alkanes) is 1. The monoisotopic (exact) mass is 368 g/mol. The normalized spacial score (nSPS) is 14.9. The van der Waals surface area contributed by atoms with Crippen LogP contribution in [0.1, 0.15) is 43.0 Å². The number of likely N-dealkylation sites (tertiary alicyclic amines) is 1. The molecule has 1 aliphatic heterocycles. The van der Waals surface area contributed by atoms with E-state index in [1.165, 1.54) is 7.11 Å². The largest absolute Gasteiger partial charge is 0.496 e. The summed E-state index contributed by atoms with van der Waals surface area (Å²) in [4.78, 5) is 26.2. The number of nitrogens with one attached hydrogen (secondary N) is 1. The fourth-order valence-electron chi connectivity index (χ4n) is 2.76. The molecule has 0 aromatic heterocycles. The average Bonchev–Trinajstić information content (AvgIpc) is 2.62. The highest BCUT2D eigenvalue weighted by Crippen LogP contribution is 2.25. The lowest BCUT2D eigenvalue weighted by Crippen LogP contribution is -2.46. The molecule has 0 radical (unpaired) electrons. The number of halogens is 1. The number of amides is 2. The average molecular weight is 369 g/mol. The number of carbonyl (C=O) groups excluding carboxylic acids is 2. The van der Waals surface area contributed by atoms with Crippen LogP contribution in [0.2, 0.25) is 5.02 Å². The van der Waals surface area contributed by atoms with Gasteiger partial charge in [-0.25, -0.2) is 4.79 Å². The van der Waals surface area contributed by atoms with Gasteiger partial charge in [-0.05, 0) is 37.5 Å². The van der Waals surface area contributed by atoms with Crippen LogP contribution >= 0.6 is 11.6 Å². The molecular formula is C18H25ClN2O4. The van der Waals surface area contributed by atoms with Crippen molar-refractivity contribution in [3.63, 3.8) is 0 Å². The number of hydrogen-bond donors (Lipinski definition) is 1. The minimum absolute atomic E-state index is 0.0273. The number of piperidine rings is 1. The molecule has 7 heteroatoms. The lowest BCUT2D eigenvalue weighted by molar-refractivity contribution is 0.0698. The van der Waals surface area contributed by atoms with Gasteiger partial charge in [-0.2, -0.15) is 0 Å². The number of benzene rings is 1. The standard InChI is InChI=1S/C18H25ClN2O4/c1-3-4-11-25-18(23)20-14-7-9-21(10-8-14)17(22)15-12-13(19)5-6-16(15)24-2/h5-6,12,14H,3-4,7-11H2,1-2H3,(H,20,23). The lowest BCUT2D eigenvalue weighted by atomic mass is 10.0. The number of methoxy groups -OCH3 is 1. The van der Waals surface area contributed by atoms with E-state index in [1.807, 2.05) is 6.92 Å². The third-order valence-electron chi connectivity index (χ3n) is 4.23. The summed E-state index contributed by atoms with van der Waals surface area (Å²) in [5.74, 6) is 0.400. The lowest BCUT2D eigenvalue weighted by Gasteiger charge is -2.32. The number of ether oxygens (including phenoxy) is 2. The number of hydrogen-bond acceptors (Lipinski definition) is 4. The fraction of sp³-hybridized carbons (Fsp3) is 0.556. The molecule has 0 aliphatic carbocycles. The van der Waals surface area contributed by atoms with E-state index in [1.54, 1.807) is 23.1 Å². The Hall–Kier alpha value is -1.95. The van der Waals surface area contributed by atoms with Gasteiger partial charge in [0.15, 0.2) is 0 Å². The molecular weight excluding hydrogens is 344 g/mol. The molecule has 0 spiro atoms. The van der Waals surface area contributed by atoms with Gasteiger partial charge in [0.1, 0.15) is 5.75 Å². The molecule has 2 amide bonds. The van der Waals surface area contributed by atoms with E-state index in [-0.39, 0.29) is 18.0 Å². The van der Waals surface area contributed by atoms with Crippen LogP contribution in [0.15, 0.2) is 18.2 Å². The van der Waals surface area contributed by atoms with Crippen molar-refractivity contribution in [3.05, 3.63) is 28.8 Å². The van der Waals surface area contributed by atoms with E-state index in [2.05, 4.69) is 5.32 Å². The van der Waals surface area contributed by atoms with Gasteiger partial charge in [0.05, 0.1) is 19.3 Å². The number of nitrogens with zero attached hydrogens (tertiary/aromatic N) is 1. The second-order valence-electron chi connectivity index (χ2n) is 6.04. The van der Waals surface area contributed by atoms with E-state index >= 15 is 0 Å². The van der Waals surface area contributed by atoms with Crippen LogP contribution < -0.4 is 10.1 Å². The quantitative estimate of drug-likeness (QED) is 0.780. The molecule has 1 fully saturated rings. The second kappa shape index (κ2) is 9.51. The summed E-state index contributed by atoms with van der Waals surface area (Å²) in [5, 5.41) is 3.36. The van der Waals surface area contributed by atoms with Gasteiger partial charge in [-0.15, -0.1) is 0 Å². The number of carbonyl (C=O) groups is 2. The Balaban J connectivity index is 1.86. The first-order valence-electron chi connectivity index (χ1n) is 8.61. The van der Waals surface area contributed by atoms with Crippen LogP contribution in [-0.4, -0.2) is 49.7 Å². The minimum Gasteiger partial charge on any atom is -0.496 e. The summed E-state index contributed by atoms with van der Waals surface area (Å²) in [6.45, 7) is 3.61. The third kappa shape index (κ3) is 5.53. The Labute approximate surface area is 153 Å². The molecule has 1 heterocycles. The summed E-state index contributed by atoms with van der Waals surface area (Å²) in [5.41, 5.74) is 0.459.